The molecule has 176 valence electrons. The number of amides is 2. The molecule has 6 nitrogen and oxygen atoms in total. The van der Waals surface area contributed by atoms with Crippen LogP contribution >= 0.6 is 11.8 Å². The second kappa shape index (κ2) is 7.72. The predicted octanol–water partition coefficient (Wildman–Crippen LogP) is 3.34. The van der Waals surface area contributed by atoms with Crippen molar-refractivity contribution in [1.29, 1.82) is 0 Å². The Labute approximate surface area is 197 Å². The maximum absolute atomic E-state index is 13.4. The molecule has 4 aliphatic carbocycles. The van der Waals surface area contributed by atoms with Gasteiger partial charge in [-0.1, -0.05) is 12.1 Å². The minimum atomic E-state index is -0.734. The number of ether oxygens (including phenoxy) is 1. The summed E-state index contributed by atoms with van der Waals surface area (Å²) < 4.78 is 18.9. The third-order valence-electron chi connectivity index (χ3n) is 8.48. The van der Waals surface area contributed by atoms with Crippen molar-refractivity contribution in [3.8, 4) is 0 Å². The van der Waals surface area contributed by atoms with Gasteiger partial charge in [-0.15, -0.1) is 11.8 Å². The van der Waals surface area contributed by atoms with Crippen LogP contribution in [-0.2, 0) is 24.0 Å². The van der Waals surface area contributed by atoms with E-state index >= 15 is 0 Å². The molecule has 1 N–H and O–H groups in total. The van der Waals surface area contributed by atoms with Gasteiger partial charge in [-0.25, -0.2) is 9.18 Å². The fraction of sp³-hybridized carbons (Fsp3) is 0.640. The average Bonchev–Trinajstić information content (AvgIpc) is 3.30. The molecule has 0 radical (unpaired) electrons. The van der Waals surface area contributed by atoms with Crippen LogP contribution in [0.5, 0.6) is 0 Å². The van der Waals surface area contributed by atoms with Gasteiger partial charge in [-0.2, -0.15) is 0 Å². The molecular formula is C25H29FN2O4S. The minimum Gasteiger partial charge on any atom is -0.454 e. The van der Waals surface area contributed by atoms with Crippen LogP contribution in [0.25, 0.3) is 0 Å². The van der Waals surface area contributed by atoms with Gasteiger partial charge >= 0.3 is 5.97 Å². The Morgan fingerprint density at radius 2 is 1.73 bits per heavy atom. The molecule has 8 heteroatoms. The fourth-order valence-corrected chi connectivity index (χ4v) is 9.29. The van der Waals surface area contributed by atoms with E-state index in [1.807, 2.05) is 0 Å². The van der Waals surface area contributed by atoms with Gasteiger partial charge in [0, 0.05) is 17.7 Å². The number of nitrogens with one attached hydrogen (secondary N) is 1. The lowest BCUT2D eigenvalue weighted by Gasteiger charge is -2.56. The summed E-state index contributed by atoms with van der Waals surface area (Å²) in [5, 5.41) is 3.23. The predicted molar refractivity (Wildman–Crippen MR) is 120 cm³/mol. The van der Waals surface area contributed by atoms with E-state index in [0.29, 0.717) is 18.6 Å². The number of hydrogen-bond acceptors (Lipinski definition) is 5. The number of rotatable bonds is 5. The zero-order chi connectivity index (χ0) is 22.8. The first-order valence-corrected chi connectivity index (χ1v) is 13.0. The third kappa shape index (κ3) is 3.56. The number of fused-ring (bicyclic) bond motifs is 1. The number of benzene rings is 1. The van der Waals surface area contributed by atoms with Crippen LogP contribution in [0, 0.1) is 23.6 Å². The highest BCUT2D eigenvalue weighted by molar-refractivity contribution is 8.00. The monoisotopic (exact) mass is 472 g/mol. The molecule has 2 amide bonds. The van der Waals surface area contributed by atoms with Crippen LogP contribution in [0.15, 0.2) is 24.3 Å². The van der Waals surface area contributed by atoms with Crippen molar-refractivity contribution in [2.75, 3.05) is 12.4 Å². The second-order valence-corrected chi connectivity index (χ2v) is 12.0. The number of esters is 1. The van der Waals surface area contributed by atoms with Gasteiger partial charge in [-0.05, 0) is 80.4 Å². The quantitative estimate of drug-likeness (QED) is 0.666. The first-order chi connectivity index (χ1) is 15.9. The summed E-state index contributed by atoms with van der Waals surface area (Å²) in [5.41, 5.74) is 0.694. The number of nitrogens with zero attached hydrogens (tertiary/aromatic N) is 1. The summed E-state index contributed by atoms with van der Waals surface area (Å²) in [6.45, 7) is -0.312. The Kier molecular flexibility index (Phi) is 5.02. The van der Waals surface area contributed by atoms with E-state index in [1.54, 1.807) is 17.0 Å². The Morgan fingerprint density at radius 1 is 1.09 bits per heavy atom. The summed E-state index contributed by atoms with van der Waals surface area (Å²) in [4.78, 5) is 39.4. The van der Waals surface area contributed by atoms with Gasteiger partial charge in [0.25, 0.3) is 5.91 Å². The van der Waals surface area contributed by atoms with Gasteiger partial charge in [0.2, 0.25) is 5.91 Å². The summed E-state index contributed by atoms with van der Waals surface area (Å²) in [6, 6.07) is 5.39. The van der Waals surface area contributed by atoms with E-state index in [0.717, 1.165) is 42.6 Å². The van der Waals surface area contributed by atoms with Crippen molar-refractivity contribution in [3.63, 3.8) is 0 Å². The highest BCUT2D eigenvalue weighted by Gasteiger charge is 2.57. The summed E-state index contributed by atoms with van der Waals surface area (Å²) in [6.07, 6.45) is 7.91. The van der Waals surface area contributed by atoms with E-state index in [4.69, 9.17) is 4.74 Å². The summed E-state index contributed by atoms with van der Waals surface area (Å²) in [7, 11) is 0. The van der Waals surface area contributed by atoms with E-state index in [1.165, 1.54) is 43.2 Å². The SMILES string of the molecule is O=C(COC(=O)[C@H]1CS[C@]2(c3ccc(F)cc3)CCC(=O)N12)NC12CC3CC(CC(C3)C1)C2. The van der Waals surface area contributed by atoms with Crippen LogP contribution in [0.3, 0.4) is 0 Å². The summed E-state index contributed by atoms with van der Waals surface area (Å²) >= 11 is 1.52. The third-order valence-corrected chi connectivity index (χ3v) is 10.1. The van der Waals surface area contributed by atoms with Gasteiger partial charge in [0.15, 0.2) is 6.61 Å². The molecule has 4 bridgehead atoms. The number of hydrogen-bond donors (Lipinski definition) is 1. The lowest BCUT2D eigenvalue weighted by Crippen LogP contribution is -2.60. The Morgan fingerprint density at radius 3 is 2.36 bits per heavy atom. The number of carbonyl (C=O) groups is 3. The van der Waals surface area contributed by atoms with Crippen LogP contribution in [0.4, 0.5) is 4.39 Å². The number of halogens is 1. The molecule has 0 spiro atoms. The molecule has 6 aliphatic rings. The van der Waals surface area contributed by atoms with Crippen molar-refractivity contribution >= 4 is 29.5 Å². The summed E-state index contributed by atoms with van der Waals surface area (Å²) in [5.74, 6) is 1.33. The first kappa shape index (κ1) is 21.4. The lowest BCUT2D eigenvalue weighted by molar-refractivity contribution is -0.157. The maximum Gasteiger partial charge on any atom is 0.330 e. The van der Waals surface area contributed by atoms with Gasteiger partial charge in [-0.3, -0.25) is 9.59 Å². The molecule has 2 atom stereocenters. The van der Waals surface area contributed by atoms with E-state index in [9.17, 15) is 18.8 Å². The normalized spacial score (nSPS) is 38.5. The van der Waals surface area contributed by atoms with E-state index in [-0.39, 0.29) is 29.8 Å². The van der Waals surface area contributed by atoms with Crippen LogP contribution in [0.1, 0.15) is 56.9 Å². The van der Waals surface area contributed by atoms with Gasteiger partial charge < -0.3 is 15.0 Å². The van der Waals surface area contributed by atoms with Crippen LogP contribution < -0.4 is 5.32 Å². The Hall–Kier alpha value is -2.09. The van der Waals surface area contributed by atoms with Crippen molar-refractivity contribution in [2.45, 2.75) is 67.8 Å². The fourth-order valence-electron chi connectivity index (χ4n) is 7.66. The van der Waals surface area contributed by atoms with Gasteiger partial charge in [0.1, 0.15) is 16.7 Å². The standard InChI is InChI=1S/C25H29FN2O4S/c26-19-3-1-18(2-4-19)25-6-5-22(30)28(25)20(14-33-25)23(31)32-13-21(29)27-24-10-15-7-16(11-24)9-17(8-15)12-24/h1-4,15-17,20H,5-14H2,(H,27,29)/t15?,16?,17?,20-,24?,25+/m1/s1. The second-order valence-electron chi connectivity index (χ2n) is 10.7. The highest BCUT2D eigenvalue weighted by Crippen LogP contribution is 2.56. The number of carbonyl (C=O) groups excluding carboxylic acids is 3. The van der Waals surface area contributed by atoms with E-state index in [2.05, 4.69) is 5.32 Å². The molecule has 33 heavy (non-hydrogen) atoms. The molecular weight excluding hydrogens is 443 g/mol. The van der Waals surface area contributed by atoms with Gasteiger partial charge in [0.05, 0.1) is 0 Å². The minimum absolute atomic E-state index is 0.107. The van der Waals surface area contributed by atoms with Crippen molar-refractivity contribution in [2.24, 2.45) is 17.8 Å². The molecule has 2 saturated heterocycles. The van der Waals surface area contributed by atoms with Crippen molar-refractivity contribution < 1.29 is 23.5 Å². The Balaban J connectivity index is 1.10. The maximum atomic E-state index is 13.4. The molecule has 2 heterocycles. The average molecular weight is 473 g/mol. The molecule has 1 aromatic rings. The molecule has 0 aromatic heterocycles. The van der Waals surface area contributed by atoms with Crippen LogP contribution in [0.2, 0.25) is 0 Å². The Bertz CT molecular complexity index is 963. The van der Waals surface area contributed by atoms with E-state index < -0.39 is 16.9 Å². The molecule has 7 rings (SSSR count). The number of thioether (sulfide) groups is 1. The molecule has 6 fully saturated rings. The first-order valence-electron chi connectivity index (χ1n) is 12.1. The van der Waals surface area contributed by atoms with Crippen LogP contribution in [-0.4, -0.2) is 46.6 Å². The molecule has 1 aromatic carbocycles. The molecule has 0 unspecified atom stereocenters. The molecule has 2 aliphatic heterocycles. The zero-order valence-electron chi connectivity index (χ0n) is 18.6. The largest absolute Gasteiger partial charge is 0.454 e. The topological polar surface area (TPSA) is 75.7 Å². The highest BCUT2D eigenvalue weighted by atomic mass is 32.2. The lowest BCUT2D eigenvalue weighted by atomic mass is 9.53. The zero-order valence-corrected chi connectivity index (χ0v) is 19.4. The molecule has 4 saturated carbocycles. The van der Waals surface area contributed by atoms with Crippen molar-refractivity contribution in [1.82, 2.24) is 10.2 Å². The smallest absolute Gasteiger partial charge is 0.330 e. The van der Waals surface area contributed by atoms with Crippen molar-refractivity contribution in [3.05, 3.63) is 35.6 Å².